The van der Waals surface area contributed by atoms with Crippen LogP contribution in [0.15, 0.2) is 18.6 Å². The Balaban J connectivity index is 2.08. The Bertz CT molecular complexity index is 396. The maximum atomic E-state index is 4.58. The first-order valence-corrected chi connectivity index (χ1v) is 8.00. The maximum Gasteiger partial charge on any atom is 0.0620 e. The van der Waals surface area contributed by atoms with E-state index >= 15 is 0 Å². The van der Waals surface area contributed by atoms with Crippen molar-refractivity contribution in [2.75, 3.05) is 6.54 Å². The largest absolute Gasteiger partial charge is 0.312 e. The van der Waals surface area contributed by atoms with Crippen molar-refractivity contribution in [2.24, 2.45) is 11.8 Å². The van der Waals surface area contributed by atoms with Crippen LogP contribution in [0.3, 0.4) is 0 Å². The summed E-state index contributed by atoms with van der Waals surface area (Å²) in [6.45, 7) is 10.1. The van der Waals surface area contributed by atoms with E-state index in [0.717, 1.165) is 12.5 Å². The summed E-state index contributed by atoms with van der Waals surface area (Å²) in [4.78, 5) is 8.85. The van der Waals surface area contributed by atoms with Gasteiger partial charge in [0.05, 0.1) is 5.69 Å². The number of aromatic nitrogens is 2. The van der Waals surface area contributed by atoms with Gasteiger partial charge in [0.1, 0.15) is 0 Å². The van der Waals surface area contributed by atoms with Crippen molar-refractivity contribution >= 4 is 0 Å². The van der Waals surface area contributed by atoms with Crippen LogP contribution >= 0.6 is 0 Å². The van der Waals surface area contributed by atoms with Gasteiger partial charge in [0.2, 0.25) is 0 Å². The van der Waals surface area contributed by atoms with E-state index in [1.165, 1.54) is 31.4 Å². The van der Waals surface area contributed by atoms with E-state index in [1.54, 1.807) is 6.20 Å². The molecule has 0 aliphatic heterocycles. The molecule has 0 amide bonds. The Labute approximate surface area is 123 Å². The molecule has 0 aromatic carbocycles. The molecular weight excluding hydrogens is 246 g/mol. The molecule has 1 aliphatic carbocycles. The molecule has 1 fully saturated rings. The minimum atomic E-state index is 0.189. The van der Waals surface area contributed by atoms with E-state index in [1.807, 2.05) is 12.4 Å². The third-order valence-electron chi connectivity index (χ3n) is 4.54. The molecule has 0 saturated heterocycles. The highest BCUT2D eigenvalue weighted by Gasteiger charge is 2.32. The zero-order chi connectivity index (χ0) is 14.6. The molecule has 3 atom stereocenters. The smallest absolute Gasteiger partial charge is 0.0620 e. The zero-order valence-electron chi connectivity index (χ0n) is 13.4. The molecule has 3 heteroatoms. The van der Waals surface area contributed by atoms with Crippen LogP contribution in [-0.4, -0.2) is 22.1 Å². The van der Waals surface area contributed by atoms with E-state index in [-0.39, 0.29) is 5.54 Å². The minimum absolute atomic E-state index is 0.189. The Morgan fingerprint density at radius 2 is 2.05 bits per heavy atom. The third kappa shape index (κ3) is 4.27. The van der Waals surface area contributed by atoms with Crippen LogP contribution in [0.2, 0.25) is 0 Å². The molecule has 1 aliphatic rings. The van der Waals surface area contributed by atoms with Crippen LogP contribution < -0.4 is 5.32 Å². The van der Waals surface area contributed by atoms with Crippen LogP contribution in [0.1, 0.15) is 65.0 Å². The molecule has 1 saturated carbocycles. The molecule has 3 unspecified atom stereocenters. The lowest BCUT2D eigenvalue weighted by Gasteiger charge is -2.37. The number of hydrogen-bond donors (Lipinski definition) is 1. The van der Waals surface area contributed by atoms with Gasteiger partial charge in [-0.15, -0.1) is 0 Å². The fraction of sp³-hybridized carbons (Fsp3) is 0.765. The highest BCUT2D eigenvalue weighted by Crippen LogP contribution is 2.40. The van der Waals surface area contributed by atoms with Crippen molar-refractivity contribution in [3.63, 3.8) is 0 Å². The predicted octanol–water partition coefficient (Wildman–Crippen LogP) is 3.77. The van der Waals surface area contributed by atoms with Crippen molar-refractivity contribution in [1.29, 1.82) is 0 Å². The van der Waals surface area contributed by atoms with Gasteiger partial charge >= 0.3 is 0 Å². The van der Waals surface area contributed by atoms with Crippen molar-refractivity contribution in [1.82, 2.24) is 15.3 Å². The van der Waals surface area contributed by atoms with Gasteiger partial charge in [-0.05, 0) is 52.0 Å². The average Bonchev–Trinajstić information content (AvgIpc) is 2.45. The first-order chi connectivity index (χ1) is 9.49. The lowest BCUT2D eigenvalue weighted by Crippen LogP contribution is -2.41. The number of hydrogen-bond acceptors (Lipinski definition) is 3. The summed E-state index contributed by atoms with van der Waals surface area (Å²) in [7, 11) is 0. The monoisotopic (exact) mass is 275 g/mol. The highest BCUT2D eigenvalue weighted by molar-refractivity contribution is 5.08. The van der Waals surface area contributed by atoms with E-state index < -0.39 is 0 Å². The second kappa shape index (κ2) is 6.66. The van der Waals surface area contributed by atoms with Gasteiger partial charge in [-0.1, -0.05) is 19.8 Å². The lowest BCUT2D eigenvalue weighted by molar-refractivity contribution is 0.210. The SMILES string of the molecule is CCC1CCC(CNC(C)(C)C)C(c2cnccn2)C1. The fourth-order valence-electron chi connectivity index (χ4n) is 3.24. The Morgan fingerprint density at radius 1 is 1.25 bits per heavy atom. The van der Waals surface area contributed by atoms with Gasteiger partial charge in [0, 0.05) is 30.0 Å². The van der Waals surface area contributed by atoms with Gasteiger partial charge in [-0.3, -0.25) is 9.97 Å². The second-order valence-corrected chi connectivity index (χ2v) is 7.22. The molecule has 0 spiro atoms. The molecule has 1 aromatic rings. The maximum absolute atomic E-state index is 4.58. The normalized spacial score (nSPS) is 27.5. The van der Waals surface area contributed by atoms with Crippen LogP contribution in [0.25, 0.3) is 0 Å². The van der Waals surface area contributed by atoms with Crippen molar-refractivity contribution in [3.8, 4) is 0 Å². The van der Waals surface area contributed by atoms with Crippen molar-refractivity contribution < 1.29 is 0 Å². The molecule has 3 nitrogen and oxygen atoms in total. The summed E-state index contributed by atoms with van der Waals surface area (Å²) in [6, 6.07) is 0. The molecule has 1 heterocycles. The van der Waals surface area contributed by atoms with Crippen LogP contribution in [0, 0.1) is 11.8 Å². The summed E-state index contributed by atoms with van der Waals surface area (Å²) in [5, 5.41) is 3.68. The topological polar surface area (TPSA) is 37.8 Å². The first kappa shape index (κ1) is 15.4. The predicted molar refractivity (Wildman–Crippen MR) is 83.7 cm³/mol. The van der Waals surface area contributed by atoms with E-state index in [9.17, 15) is 0 Å². The lowest BCUT2D eigenvalue weighted by atomic mass is 9.71. The summed E-state index contributed by atoms with van der Waals surface area (Å²) >= 11 is 0. The van der Waals surface area contributed by atoms with Crippen molar-refractivity contribution in [2.45, 2.75) is 64.8 Å². The fourth-order valence-corrected chi connectivity index (χ4v) is 3.24. The Kier molecular flexibility index (Phi) is 5.14. The van der Waals surface area contributed by atoms with Gasteiger partial charge in [-0.25, -0.2) is 0 Å². The zero-order valence-corrected chi connectivity index (χ0v) is 13.4. The molecule has 1 aromatic heterocycles. The quantitative estimate of drug-likeness (QED) is 0.909. The van der Waals surface area contributed by atoms with E-state index in [2.05, 4.69) is 43.0 Å². The third-order valence-corrected chi connectivity index (χ3v) is 4.54. The average molecular weight is 275 g/mol. The van der Waals surface area contributed by atoms with E-state index in [0.29, 0.717) is 11.8 Å². The van der Waals surface area contributed by atoms with E-state index in [4.69, 9.17) is 0 Å². The minimum Gasteiger partial charge on any atom is -0.312 e. The Morgan fingerprint density at radius 3 is 2.65 bits per heavy atom. The molecular formula is C17H29N3. The molecule has 2 rings (SSSR count). The van der Waals surface area contributed by atoms with Crippen LogP contribution in [0.5, 0.6) is 0 Å². The molecule has 20 heavy (non-hydrogen) atoms. The summed E-state index contributed by atoms with van der Waals surface area (Å²) < 4.78 is 0. The highest BCUT2D eigenvalue weighted by atomic mass is 14.9. The molecule has 0 radical (unpaired) electrons. The molecule has 112 valence electrons. The van der Waals surface area contributed by atoms with Crippen molar-refractivity contribution in [3.05, 3.63) is 24.3 Å². The second-order valence-electron chi connectivity index (χ2n) is 7.22. The van der Waals surface area contributed by atoms with Gasteiger partial charge in [-0.2, -0.15) is 0 Å². The summed E-state index contributed by atoms with van der Waals surface area (Å²) in [5.74, 6) is 2.11. The summed E-state index contributed by atoms with van der Waals surface area (Å²) in [6.07, 6.45) is 10.8. The summed E-state index contributed by atoms with van der Waals surface area (Å²) in [5.41, 5.74) is 1.38. The molecule has 0 bridgehead atoms. The number of nitrogens with one attached hydrogen (secondary N) is 1. The standard InChI is InChI=1S/C17H29N3/c1-5-13-6-7-14(11-20-17(2,3)4)15(10-13)16-12-18-8-9-19-16/h8-9,12-15,20H,5-7,10-11H2,1-4H3. The van der Waals surface area contributed by atoms with Crippen LogP contribution in [0.4, 0.5) is 0 Å². The molecule has 1 N–H and O–H groups in total. The first-order valence-electron chi connectivity index (χ1n) is 8.00. The van der Waals surface area contributed by atoms with Gasteiger partial charge in [0.25, 0.3) is 0 Å². The van der Waals surface area contributed by atoms with Crippen LogP contribution in [-0.2, 0) is 0 Å². The number of rotatable bonds is 4. The van der Waals surface area contributed by atoms with Gasteiger partial charge in [0.15, 0.2) is 0 Å². The number of nitrogens with zero attached hydrogens (tertiary/aromatic N) is 2. The Hall–Kier alpha value is -0.960. The van der Waals surface area contributed by atoms with Gasteiger partial charge < -0.3 is 5.32 Å².